The van der Waals surface area contributed by atoms with Crippen LogP contribution in [-0.4, -0.2) is 16.1 Å². The van der Waals surface area contributed by atoms with E-state index in [0.29, 0.717) is 6.07 Å². The number of carboxylic acid groups (broad SMARTS) is 1. The van der Waals surface area contributed by atoms with Gasteiger partial charge in [0, 0.05) is 0 Å². The molecule has 0 atom stereocenters. The molecule has 0 aliphatic heterocycles. The van der Waals surface area contributed by atoms with Crippen LogP contribution in [0.4, 0.5) is 13.2 Å². The second-order valence-electron chi connectivity index (χ2n) is 2.67. The van der Waals surface area contributed by atoms with Crippen molar-refractivity contribution in [3.8, 4) is 0 Å². The number of nitrogens with zero attached hydrogens (tertiary/aromatic N) is 1. The molecule has 3 nitrogen and oxygen atoms in total. The zero-order valence-electron chi connectivity index (χ0n) is 7.18. The Hall–Kier alpha value is -0.860. The number of alkyl halides is 2. The summed E-state index contributed by atoms with van der Waals surface area (Å²) in [6.07, 6.45) is -3.44. The number of aliphatic carboxylic acids is 1. The Bertz CT molecular complexity index is 398. The van der Waals surface area contributed by atoms with E-state index in [1.54, 1.807) is 0 Å². The van der Waals surface area contributed by atoms with Crippen molar-refractivity contribution >= 4 is 28.6 Å². The van der Waals surface area contributed by atoms with Crippen molar-refractivity contribution in [1.82, 2.24) is 4.98 Å². The molecule has 0 amide bonds. The summed E-state index contributed by atoms with van der Waals surface area (Å²) in [5.41, 5.74) is -0.862. The first-order chi connectivity index (χ1) is 6.91. The smallest absolute Gasteiger partial charge is 0.309 e. The van der Waals surface area contributed by atoms with Crippen LogP contribution in [-0.2, 0) is 11.2 Å². The number of aromatic nitrogens is 1. The largest absolute Gasteiger partial charge is 0.481 e. The summed E-state index contributed by atoms with van der Waals surface area (Å²) in [4.78, 5) is 13.8. The van der Waals surface area contributed by atoms with Crippen LogP contribution in [0.5, 0.6) is 0 Å². The van der Waals surface area contributed by atoms with E-state index < -0.39 is 30.2 Å². The molecule has 0 aliphatic rings. The van der Waals surface area contributed by atoms with E-state index in [1.807, 2.05) is 0 Å². The van der Waals surface area contributed by atoms with Crippen molar-refractivity contribution in [2.24, 2.45) is 0 Å². The van der Waals surface area contributed by atoms with Gasteiger partial charge in [-0.3, -0.25) is 4.79 Å². The predicted octanol–water partition coefficient (Wildman–Crippen LogP) is 2.39. The van der Waals surface area contributed by atoms with Gasteiger partial charge in [-0.1, -0.05) is 0 Å². The molecule has 7 heteroatoms. The topological polar surface area (TPSA) is 50.2 Å². The van der Waals surface area contributed by atoms with E-state index in [9.17, 15) is 18.0 Å². The highest BCUT2D eigenvalue weighted by atomic mass is 127. The van der Waals surface area contributed by atoms with Crippen LogP contribution in [0, 0.1) is 9.52 Å². The first-order valence-corrected chi connectivity index (χ1v) is 4.84. The lowest BCUT2D eigenvalue weighted by atomic mass is 10.2. The fourth-order valence-electron chi connectivity index (χ4n) is 0.936. The molecule has 0 aliphatic carbocycles. The Kier molecular flexibility index (Phi) is 3.89. The third kappa shape index (κ3) is 3.05. The van der Waals surface area contributed by atoms with Gasteiger partial charge in [0.1, 0.15) is 9.52 Å². The Morgan fingerprint density at radius 2 is 2.20 bits per heavy atom. The van der Waals surface area contributed by atoms with E-state index in [2.05, 4.69) is 4.98 Å². The average molecular weight is 331 g/mol. The van der Waals surface area contributed by atoms with E-state index in [-0.39, 0.29) is 9.39 Å². The lowest BCUT2D eigenvalue weighted by Crippen LogP contribution is -2.08. The fourth-order valence-corrected chi connectivity index (χ4v) is 1.62. The molecule has 0 aromatic carbocycles. The molecule has 0 saturated heterocycles. The molecular formula is C8H5F3INO2. The molecule has 0 saturated carbocycles. The number of halogens is 4. The van der Waals surface area contributed by atoms with Gasteiger partial charge in [0.25, 0.3) is 6.43 Å². The first-order valence-electron chi connectivity index (χ1n) is 3.76. The van der Waals surface area contributed by atoms with Gasteiger partial charge in [-0.15, -0.1) is 0 Å². The van der Waals surface area contributed by atoms with Crippen molar-refractivity contribution in [1.29, 1.82) is 0 Å². The van der Waals surface area contributed by atoms with Crippen LogP contribution in [0.1, 0.15) is 17.7 Å². The Morgan fingerprint density at radius 3 is 2.67 bits per heavy atom. The van der Waals surface area contributed by atoms with Gasteiger partial charge in [0.15, 0.2) is 0 Å². The van der Waals surface area contributed by atoms with Crippen LogP contribution in [0.15, 0.2) is 6.07 Å². The molecule has 82 valence electrons. The maximum absolute atomic E-state index is 13.1. The normalized spacial score (nSPS) is 10.7. The highest BCUT2D eigenvalue weighted by molar-refractivity contribution is 14.1. The number of hydrogen-bond acceptors (Lipinski definition) is 2. The molecule has 0 spiro atoms. The number of carbonyl (C=O) groups is 1. The zero-order valence-corrected chi connectivity index (χ0v) is 9.33. The number of rotatable bonds is 3. The summed E-state index contributed by atoms with van der Waals surface area (Å²) < 4.78 is 37.6. The summed E-state index contributed by atoms with van der Waals surface area (Å²) in [6, 6.07) is 0.623. The van der Waals surface area contributed by atoms with Crippen LogP contribution in [0.25, 0.3) is 0 Å². The van der Waals surface area contributed by atoms with Gasteiger partial charge in [0.05, 0.1) is 17.7 Å². The summed E-state index contributed by atoms with van der Waals surface area (Å²) in [6.45, 7) is 0. The third-order valence-corrected chi connectivity index (χ3v) is 2.45. The summed E-state index contributed by atoms with van der Waals surface area (Å²) in [7, 11) is 0. The van der Waals surface area contributed by atoms with E-state index >= 15 is 0 Å². The standard InChI is InChI=1S/C8H5F3INO2/c9-4-1-3(7(10)11)8(12)13-5(4)2-6(14)15/h1,7H,2H2,(H,14,15). The van der Waals surface area contributed by atoms with Gasteiger partial charge in [-0.25, -0.2) is 18.2 Å². The Labute approximate surface area is 96.5 Å². The minimum Gasteiger partial charge on any atom is -0.481 e. The van der Waals surface area contributed by atoms with E-state index in [0.717, 1.165) is 0 Å². The summed E-state index contributed by atoms with van der Waals surface area (Å²) >= 11 is 1.51. The van der Waals surface area contributed by atoms with Gasteiger partial charge < -0.3 is 5.11 Å². The molecule has 0 unspecified atom stereocenters. The van der Waals surface area contributed by atoms with Crippen LogP contribution in [0.3, 0.4) is 0 Å². The molecule has 1 heterocycles. The predicted molar refractivity (Wildman–Crippen MR) is 53.2 cm³/mol. The van der Waals surface area contributed by atoms with Crippen LogP contribution in [0.2, 0.25) is 0 Å². The van der Waals surface area contributed by atoms with Crippen molar-refractivity contribution in [2.45, 2.75) is 12.8 Å². The number of hydrogen-bond donors (Lipinski definition) is 1. The van der Waals surface area contributed by atoms with Crippen molar-refractivity contribution in [3.05, 3.63) is 26.8 Å². The Balaban J connectivity index is 3.13. The number of carboxylic acids is 1. The Morgan fingerprint density at radius 1 is 1.60 bits per heavy atom. The zero-order chi connectivity index (χ0) is 11.6. The van der Waals surface area contributed by atoms with E-state index in [1.165, 1.54) is 22.6 Å². The van der Waals surface area contributed by atoms with Crippen LogP contribution < -0.4 is 0 Å². The molecule has 1 N–H and O–H groups in total. The van der Waals surface area contributed by atoms with Gasteiger partial charge >= 0.3 is 5.97 Å². The number of pyridine rings is 1. The molecule has 0 fully saturated rings. The minimum absolute atomic E-state index is 0.0831. The molecule has 0 radical (unpaired) electrons. The minimum atomic E-state index is -2.82. The molecule has 1 aromatic heterocycles. The van der Waals surface area contributed by atoms with E-state index in [4.69, 9.17) is 5.11 Å². The SMILES string of the molecule is O=C(O)Cc1nc(I)c(C(F)F)cc1F. The van der Waals surface area contributed by atoms with Gasteiger partial charge in [0.2, 0.25) is 0 Å². The second kappa shape index (κ2) is 4.77. The van der Waals surface area contributed by atoms with Crippen molar-refractivity contribution < 1.29 is 23.1 Å². The van der Waals surface area contributed by atoms with Crippen LogP contribution >= 0.6 is 22.6 Å². The summed E-state index contributed by atoms with van der Waals surface area (Å²) in [5, 5.41) is 8.40. The van der Waals surface area contributed by atoms with Gasteiger partial charge in [-0.05, 0) is 28.7 Å². The lowest BCUT2D eigenvalue weighted by molar-refractivity contribution is -0.136. The summed E-state index contributed by atoms with van der Waals surface area (Å²) in [5.74, 6) is -2.28. The lowest BCUT2D eigenvalue weighted by Gasteiger charge is -2.05. The highest BCUT2D eigenvalue weighted by Gasteiger charge is 2.18. The first kappa shape index (κ1) is 12.2. The highest BCUT2D eigenvalue weighted by Crippen LogP contribution is 2.24. The molecule has 0 bridgehead atoms. The maximum atomic E-state index is 13.1. The monoisotopic (exact) mass is 331 g/mol. The third-order valence-electron chi connectivity index (χ3n) is 1.58. The maximum Gasteiger partial charge on any atom is 0.309 e. The fraction of sp³-hybridized carbons (Fsp3) is 0.250. The molecule has 15 heavy (non-hydrogen) atoms. The van der Waals surface area contributed by atoms with Gasteiger partial charge in [-0.2, -0.15) is 0 Å². The average Bonchev–Trinajstić information content (AvgIpc) is 2.09. The molecule has 1 aromatic rings. The molecule has 1 rings (SSSR count). The quantitative estimate of drug-likeness (QED) is 0.684. The van der Waals surface area contributed by atoms with Crippen molar-refractivity contribution in [3.63, 3.8) is 0 Å². The van der Waals surface area contributed by atoms with Crippen molar-refractivity contribution in [2.75, 3.05) is 0 Å². The second-order valence-corrected chi connectivity index (χ2v) is 3.69. The molecular weight excluding hydrogens is 326 g/mol.